The Balaban J connectivity index is 2.12. The lowest BCUT2D eigenvalue weighted by atomic mass is 10.3. The van der Waals surface area contributed by atoms with Gasteiger partial charge in [0.05, 0.1) is 6.10 Å². The molecule has 90 valence electrons. The van der Waals surface area contributed by atoms with Gasteiger partial charge < -0.3 is 10.0 Å². The number of aliphatic hydroxyl groups is 1. The summed E-state index contributed by atoms with van der Waals surface area (Å²) < 4.78 is 0. The van der Waals surface area contributed by atoms with Crippen LogP contribution in [-0.2, 0) is 0 Å². The topological polar surface area (TPSA) is 30.0 Å². The van der Waals surface area contributed by atoms with Gasteiger partial charge in [0.1, 0.15) is 0 Å². The van der Waals surface area contributed by atoms with Gasteiger partial charge in [0.15, 0.2) is 0 Å². The van der Waals surface area contributed by atoms with E-state index in [0.717, 1.165) is 45.8 Å². The van der Waals surface area contributed by atoms with E-state index in [1.54, 1.807) is 0 Å². The van der Waals surface area contributed by atoms with Crippen molar-refractivity contribution in [2.24, 2.45) is 0 Å². The van der Waals surface area contributed by atoms with E-state index < -0.39 is 0 Å². The Morgan fingerprint density at radius 2 is 1.67 bits per heavy atom. The van der Waals surface area contributed by atoms with Gasteiger partial charge >= 0.3 is 0 Å². The molecule has 1 N–H and O–H groups in total. The molecule has 0 radical (unpaired) electrons. The maximum Gasteiger partial charge on any atom is 0.0639 e. The van der Waals surface area contributed by atoms with Crippen molar-refractivity contribution in [1.82, 2.24) is 14.7 Å². The predicted octanol–water partition coefficient (Wildman–Crippen LogP) is -0.454. The molecule has 0 aromatic rings. The largest absolute Gasteiger partial charge is 0.392 e. The zero-order chi connectivity index (χ0) is 11.3. The highest BCUT2D eigenvalue weighted by Crippen LogP contribution is 2.02. The highest BCUT2D eigenvalue weighted by Gasteiger charge is 2.17. The first kappa shape index (κ1) is 12.9. The van der Waals surface area contributed by atoms with Crippen molar-refractivity contribution < 1.29 is 5.11 Å². The van der Waals surface area contributed by atoms with Crippen molar-refractivity contribution in [3.05, 3.63) is 0 Å². The molecule has 0 spiro atoms. The maximum atomic E-state index is 9.28. The van der Waals surface area contributed by atoms with E-state index in [1.807, 2.05) is 6.92 Å². The fraction of sp³-hybridized carbons (Fsp3) is 1.00. The molecule has 0 aromatic carbocycles. The second-order valence-electron chi connectivity index (χ2n) is 4.79. The van der Waals surface area contributed by atoms with Crippen LogP contribution in [0.5, 0.6) is 0 Å². The van der Waals surface area contributed by atoms with Crippen LogP contribution in [0.4, 0.5) is 0 Å². The highest BCUT2D eigenvalue weighted by atomic mass is 16.3. The number of nitrogens with zero attached hydrogens (tertiary/aromatic N) is 3. The van der Waals surface area contributed by atoms with Gasteiger partial charge in [-0.3, -0.25) is 9.80 Å². The number of piperazine rings is 1. The predicted molar refractivity (Wildman–Crippen MR) is 63.1 cm³/mol. The normalized spacial score (nSPS) is 22.2. The minimum absolute atomic E-state index is 0.196. The third-order valence-electron chi connectivity index (χ3n) is 2.85. The van der Waals surface area contributed by atoms with Crippen LogP contribution >= 0.6 is 0 Å². The van der Waals surface area contributed by atoms with Crippen LogP contribution in [-0.4, -0.2) is 85.8 Å². The average molecular weight is 215 g/mol. The molecule has 0 saturated carbocycles. The number of hydrogen-bond donors (Lipinski definition) is 1. The summed E-state index contributed by atoms with van der Waals surface area (Å²) >= 11 is 0. The van der Waals surface area contributed by atoms with Crippen LogP contribution in [0.3, 0.4) is 0 Å². The molecule has 0 bridgehead atoms. The third kappa shape index (κ3) is 5.47. The molecule has 1 fully saturated rings. The van der Waals surface area contributed by atoms with E-state index >= 15 is 0 Å². The van der Waals surface area contributed by atoms with Crippen molar-refractivity contribution in [1.29, 1.82) is 0 Å². The molecule has 1 aliphatic heterocycles. The van der Waals surface area contributed by atoms with Crippen LogP contribution in [0.25, 0.3) is 0 Å². The first-order valence-electron chi connectivity index (χ1n) is 5.85. The molecule has 1 rings (SSSR count). The Hall–Kier alpha value is -0.160. The Morgan fingerprint density at radius 1 is 1.13 bits per heavy atom. The van der Waals surface area contributed by atoms with Gasteiger partial charge in [0.25, 0.3) is 0 Å². The van der Waals surface area contributed by atoms with Gasteiger partial charge in [-0.1, -0.05) is 0 Å². The standard InChI is InChI=1S/C11H25N3O/c1-11(15)10-14-8-6-13(7-9-14)5-4-12(2)3/h11,15H,4-10H2,1-3H3/t11-/m0/s1. The monoisotopic (exact) mass is 215 g/mol. The lowest BCUT2D eigenvalue weighted by molar-refractivity contribution is 0.0783. The lowest BCUT2D eigenvalue weighted by Gasteiger charge is -2.35. The molecule has 1 aliphatic rings. The van der Waals surface area contributed by atoms with Crippen LogP contribution < -0.4 is 0 Å². The number of likely N-dealkylation sites (N-methyl/N-ethyl adjacent to an activating group) is 1. The van der Waals surface area contributed by atoms with Crippen molar-refractivity contribution in [3.63, 3.8) is 0 Å². The summed E-state index contributed by atoms with van der Waals surface area (Å²) in [6.45, 7) is 9.45. The van der Waals surface area contributed by atoms with Gasteiger partial charge in [0.2, 0.25) is 0 Å². The summed E-state index contributed by atoms with van der Waals surface area (Å²) in [5.74, 6) is 0. The molecule has 0 amide bonds. The summed E-state index contributed by atoms with van der Waals surface area (Å²) in [7, 11) is 4.23. The summed E-state index contributed by atoms with van der Waals surface area (Å²) in [5, 5.41) is 9.28. The first-order valence-corrected chi connectivity index (χ1v) is 5.85. The number of rotatable bonds is 5. The molecule has 0 aliphatic carbocycles. The molecule has 4 nitrogen and oxygen atoms in total. The summed E-state index contributed by atoms with van der Waals surface area (Å²) in [5.41, 5.74) is 0. The maximum absolute atomic E-state index is 9.28. The zero-order valence-electron chi connectivity index (χ0n) is 10.3. The molecular formula is C11H25N3O. The van der Waals surface area contributed by atoms with Gasteiger partial charge in [0, 0.05) is 45.8 Å². The van der Waals surface area contributed by atoms with Crippen molar-refractivity contribution in [3.8, 4) is 0 Å². The van der Waals surface area contributed by atoms with Gasteiger partial charge in [-0.2, -0.15) is 0 Å². The second kappa shape index (κ2) is 6.43. The summed E-state index contributed by atoms with van der Waals surface area (Å²) in [4.78, 5) is 7.07. The fourth-order valence-corrected chi connectivity index (χ4v) is 1.91. The SMILES string of the molecule is C[C@H](O)CN1CCN(CCN(C)C)CC1. The fourth-order valence-electron chi connectivity index (χ4n) is 1.91. The molecular weight excluding hydrogens is 190 g/mol. The summed E-state index contributed by atoms with van der Waals surface area (Å²) in [6, 6.07) is 0. The Morgan fingerprint density at radius 3 is 2.13 bits per heavy atom. The van der Waals surface area contributed by atoms with Crippen LogP contribution in [0.1, 0.15) is 6.92 Å². The highest BCUT2D eigenvalue weighted by molar-refractivity contribution is 4.73. The smallest absolute Gasteiger partial charge is 0.0639 e. The molecule has 0 unspecified atom stereocenters. The lowest BCUT2D eigenvalue weighted by Crippen LogP contribution is -2.49. The van der Waals surface area contributed by atoms with E-state index in [4.69, 9.17) is 0 Å². The summed E-state index contributed by atoms with van der Waals surface area (Å²) in [6.07, 6.45) is -0.196. The number of β-amino-alcohol motifs (C(OH)–C–C–N with tert-alkyl or cyclic N) is 1. The molecule has 1 heterocycles. The van der Waals surface area contributed by atoms with Crippen molar-refractivity contribution in [2.45, 2.75) is 13.0 Å². The Bertz CT molecular complexity index is 165. The molecule has 0 aromatic heterocycles. The van der Waals surface area contributed by atoms with Gasteiger partial charge in [-0.15, -0.1) is 0 Å². The number of aliphatic hydroxyl groups excluding tert-OH is 1. The second-order valence-corrected chi connectivity index (χ2v) is 4.79. The van der Waals surface area contributed by atoms with Crippen molar-refractivity contribution in [2.75, 3.05) is 59.9 Å². The van der Waals surface area contributed by atoms with Crippen LogP contribution in [0.15, 0.2) is 0 Å². The Kier molecular flexibility index (Phi) is 5.53. The van der Waals surface area contributed by atoms with Crippen LogP contribution in [0, 0.1) is 0 Å². The average Bonchev–Trinajstić information content (AvgIpc) is 2.16. The Labute approximate surface area is 93.5 Å². The molecule has 1 saturated heterocycles. The zero-order valence-corrected chi connectivity index (χ0v) is 10.3. The minimum atomic E-state index is -0.196. The third-order valence-corrected chi connectivity index (χ3v) is 2.85. The molecule has 4 heteroatoms. The molecule has 1 atom stereocenters. The number of hydrogen-bond acceptors (Lipinski definition) is 4. The van der Waals surface area contributed by atoms with E-state index in [2.05, 4.69) is 28.8 Å². The first-order chi connectivity index (χ1) is 7.08. The van der Waals surface area contributed by atoms with E-state index in [9.17, 15) is 5.11 Å². The van der Waals surface area contributed by atoms with Gasteiger partial charge in [-0.25, -0.2) is 0 Å². The van der Waals surface area contributed by atoms with E-state index in [-0.39, 0.29) is 6.10 Å². The van der Waals surface area contributed by atoms with E-state index in [0.29, 0.717) is 0 Å². The minimum Gasteiger partial charge on any atom is -0.392 e. The van der Waals surface area contributed by atoms with Crippen molar-refractivity contribution >= 4 is 0 Å². The molecule has 15 heavy (non-hydrogen) atoms. The van der Waals surface area contributed by atoms with Gasteiger partial charge in [-0.05, 0) is 21.0 Å². The van der Waals surface area contributed by atoms with Crippen LogP contribution in [0.2, 0.25) is 0 Å². The van der Waals surface area contributed by atoms with E-state index in [1.165, 1.54) is 0 Å². The quantitative estimate of drug-likeness (QED) is 0.672.